The van der Waals surface area contributed by atoms with E-state index in [1.807, 2.05) is 23.0 Å². The van der Waals surface area contributed by atoms with E-state index in [-0.39, 0.29) is 17.3 Å². The van der Waals surface area contributed by atoms with Crippen LogP contribution in [0.15, 0.2) is 48.8 Å². The molecule has 4 aromatic rings. The maximum absolute atomic E-state index is 13.7. The van der Waals surface area contributed by atoms with Gasteiger partial charge < -0.3 is 15.4 Å². The Morgan fingerprint density at radius 3 is 2.62 bits per heavy atom. The van der Waals surface area contributed by atoms with Crippen molar-refractivity contribution in [2.24, 2.45) is 5.41 Å². The standard InChI is InChI=1S/C28H30FN7O/c1-28(2,3)16-32-25-18(13-30)14-31-27-22(25)11-20(12-24(27)37-4)33-26(17-5-7-19(29)8-6-17)23-15-36(35-34-23)21-9-10-21/h5-8,11-12,14-15,21,26,33H,9-10,16H2,1-4H3,(H,31,32). The number of methoxy groups -OCH3 is 1. The van der Waals surface area contributed by atoms with E-state index in [4.69, 9.17) is 4.74 Å². The van der Waals surface area contributed by atoms with Gasteiger partial charge in [0, 0.05) is 29.9 Å². The van der Waals surface area contributed by atoms with E-state index >= 15 is 0 Å². The first kappa shape index (κ1) is 24.5. The summed E-state index contributed by atoms with van der Waals surface area (Å²) in [5.74, 6) is 0.268. The van der Waals surface area contributed by atoms with Crippen LogP contribution in [0.2, 0.25) is 0 Å². The van der Waals surface area contributed by atoms with Gasteiger partial charge in [-0.15, -0.1) is 5.10 Å². The highest BCUT2D eigenvalue weighted by Gasteiger charge is 2.27. The molecule has 2 aromatic carbocycles. The largest absolute Gasteiger partial charge is 0.494 e. The molecule has 190 valence electrons. The van der Waals surface area contributed by atoms with Crippen LogP contribution in [0.4, 0.5) is 15.8 Å². The maximum Gasteiger partial charge on any atom is 0.147 e. The van der Waals surface area contributed by atoms with E-state index in [0.717, 1.165) is 35.2 Å². The van der Waals surface area contributed by atoms with Crippen molar-refractivity contribution >= 4 is 22.3 Å². The molecular formula is C28H30FN7O. The molecule has 0 bridgehead atoms. The van der Waals surface area contributed by atoms with Crippen LogP contribution in [-0.4, -0.2) is 33.6 Å². The monoisotopic (exact) mass is 499 g/mol. The highest BCUT2D eigenvalue weighted by Crippen LogP contribution is 2.38. The molecular weight excluding hydrogens is 469 g/mol. The second kappa shape index (κ2) is 9.69. The number of pyridine rings is 1. The van der Waals surface area contributed by atoms with Crippen molar-refractivity contribution in [3.8, 4) is 11.8 Å². The highest BCUT2D eigenvalue weighted by molar-refractivity contribution is 5.99. The Kier molecular flexibility index (Phi) is 6.42. The second-order valence-corrected chi connectivity index (χ2v) is 10.6. The van der Waals surface area contributed by atoms with Gasteiger partial charge in [0.2, 0.25) is 0 Å². The number of halogens is 1. The fourth-order valence-corrected chi connectivity index (χ4v) is 4.23. The van der Waals surface area contributed by atoms with Gasteiger partial charge in [-0.05, 0) is 42.0 Å². The molecule has 2 aromatic heterocycles. The minimum absolute atomic E-state index is 0.00330. The lowest BCUT2D eigenvalue weighted by atomic mass is 9.96. The molecule has 9 heteroatoms. The van der Waals surface area contributed by atoms with Gasteiger partial charge >= 0.3 is 0 Å². The van der Waals surface area contributed by atoms with E-state index in [2.05, 4.69) is 52.8 Å². The van der Waals surface area contributed by atoms with Gasteiger partial charge in [-0.25, -0.2) is 9.07 Å². The topological polar surface area (TPSA) is 101 Å². The van der Waals surface area contributed by atoms with E-state index in [0.29, 0.717) is 35.1 Å². The number of aromatic nitrogens is 4. The summed E-state index contributed by atoms with van der Waals surface area (Å²) in [4.78, 5) is 4.52. The molecule has 0 aliphatic heterocycles. The van der Waals surface area contributed by atoms with Gasteiger partial charge in [-0.1, -0.05) is 38.1 Å². The molecule has 0 spiro atoms. The van der Waals surface area contributed by atoms with Gasteiger partial charge in [-0.3, -0.25) is 4.98 Å². The first-order chi connectivity index (χ1) is 17.8. The second-order valence-electron chi connectivity index (χ2n) is 10.6. The minimum Gasteiger partial charge on any atom is -0.494 e. The van der Waals surface area contributed by atoms with E-state index < -0.39 is 0 Å². The van der Waals surface area contributed by atoms with Gasteiger partial charge in [0.15, 0.2) is 0 Å². The lowest BCUT2D eigenvalue weighted by Gasteiger charge is -2.23. The van der Waals surface area contributed by atoms with Crippen molar-refractivity contribution in [3.05, 3.63) is 71.4 Å². The number of ether oxygens (including phenoxy) is 1. The maximum atomic E-state index is 13.7. The average Bonchev–Trinajstić information content (AvgIpc) is 3.62. The van der Waals surface area contributed by atoms with Crippen molar-refractivity contribution in [1.82, 2.24) is 20.0 Å². The minimum atomic E-state index is -0.381. The lowest BCUT2D eigenvalue weighted by Crippen LogP contribution is -2.20. The molecule has 0 radical (unpaired) electrons. The Bertz CT molecular complexity index is 1460. The Labute approximate surface area is 215 Å². The predicted molar refractivity (Wildman–Crippen MR) is 141 cm³/mol. The summed E-state index contributed by atoms with van der Waals surface area (Å²) in [6.45, 7) is 7.06. The number of benzene rings is 2. The van der Waals surface area contributed by atoms with Crippen LogP contribution in [-0.2, 0) is 0 Å². The van der Waals surface area contributed by atoms with Gasteiger partial charge in [0.25, 0.3) is 0 Å². The molecule has 1 saturated carbocycles. The van der Waals surface area contributed by atoms with Crippen LogP contribution in [0.3, 0.4) is 0 Å². The number of anilines is 2. The first-order valence-electron chi connectivity index (χ1n) is 12.3. The number of rotatable bonds is 8. The molecule has 37 heavy (non-hydrogen) atoms. The van der Waals surface area contributed by atoms with Crippen molar-refractivity contribution in [2.75, 3.05) is 24.3 Å². The summed E-state index contributed by atoms with van der Waals surface area (Å²) in [5, 5.41) is 26.3. The molecule has 1 fully saturated rings. The number of fused-ring (bicyclic) bond motifs is 1. The summed E-state index contributed by atoms with van der Waals surface area (Å²) in [6, 6.07) is 12.5. The average molecular weight is 500 g/mol. The Morgan fingerprint density at radius 1 is 1.22 bits per heavy atom. The number of hydrogen-bond donors (Lipinski definition) is 2. The Balaban J connectivity index is 1.60. The molecule has 0 saturated heterocycles. The normalized spacial score (nSPS) is 14.3. The summed E-state index contributed by atoms with van der Waals surface area (Å²) in [5.41, 5.74) is 4.15. The number of nitriles is 1. The summed E-state index contributed by atoms with van der Waals surface area (Å²) in [7, 11) is 1.60. The lowest BCUT2D eigenvalue weighted by molar-refractivity contribution is 0.419. The van der Waals surface area contributed by atoms with E-state index in [9.17, 15) is 9.65 Å². The van der Waals surface area contributed by atoms with Crippen molar-refractivity contribution in [2.45, 2.75) is 45.7 Å². The molecule has 1 unspecified atom stereocenters. The first-order valence-corrected chi connectivity index (χ1v) is 12.3. The van der Waals surface area contributed by atoms with Crippen LogP contribution in [0.1, 0.15) is 62.5 Å². The fraction of sp³-hybridized carbons (Fsp3) is 0.357. The molecule has 0 amide bonds. The van der Waals surface area contributed by atoms with Crippen LogP contribution >= 0.6 is 0 Å². The van der Waals surface area contributed by atoms with Gasteiger partial charge in [0.05, 0.1) is 36.6 Å². The highest BCUT2D eigenvalue weighted by atomic mass is 19.1. The van der Waals surface area contributed by atoms with Gasteiger partial charge in [0.1, 0.15) is 28.8 Å². The number of nitrogens with one attached hydrogen (secondary N) is 2. The summed E-state index contributed by atoms with van der Waals surface area (Å²) < 4.78 is 21.3. The van der Waals surface area contributed by atoms with Crippen LogP contribution in [0, 0.1) is 22.6 Å². The molecule has 5 rings (SSSR count). The number of nitrogens with zero attached hydrogens (tertiary/aromatic N) is 5. The number of hydrogen-bond acceptors (Lipinski definition) is 7. The zero-order valence-corrected chi connectivity index (χ0v) is 21.4. The molecule has 1 aliphatic carbocycles. The SMILES string of the molecule is COc1cc(NC(c2ccc(F)cc2)c2cn(C3CC3)nn2)cc2c(NCC(C)(C)C)c(C#N)cnc12. The van der Waals surface area contributed by atoms with Crippen molar-refractivity contribution in [3.63, 3.8) is 0 Å². The van der Waals surface area contributed by atoms with E-state index in [1.165, 1.54) is 12.1 Å². The molecule has 2 N–H and O–H groups in total. The zero-order chi connectivity index (χ0) is 26.2. The zero-order valence-electron chi connectivity index (χ0n) is 21.4. The fourth-order valence-electron chi connectivity index (χ4n) is 4.23. The van der Waals surface area contributed by atoms with Crippen LogP contribution in [0.5, 0.6) is 5.75 Å². The van der Waals surface area contributed by atoms with Crippen molar-refractivity contribution in [1.29, 1.82) is 5.26 Å². The third-order valence-electron chi connectivity index (χ3n) is 6.33. The summed E-state index contributed by atoms with van der Waals surface area (Å²) in [6.07, 6.45) is 5.71. The molecule has 1 aliphatic rings. The van der Waals surface area contributed by atoms with E-state index in [1.54, 1.807) is 25.4 Å². The van der Waals surface area contributed by atoms with Crippen molar-refractivity contribution < 1.29 is 9.13 Å². The smallest absolute Gasteiger partial charge is 0.147 e. The third kappa shape index (κ3) is 5.33. The van der Waals surface area contributed by atoms with Gasteiger partial charge in [-0.2, -0.15) is 5.26 Å². The van der Waals surface area contributed by atoms with Crippen LogP contribution in [0.25, 0.3) is 10.9 Å². The Morgan fingerprint density at radius 2 is 1.97 bits per heavy atom. The molecule has 2 heterocycles. The summed E-state index contributed by atoms with van der Waals surface area (Å²) >= 11 is 0. The quantitative estimate of drug-likeness (QED) is 0.314. The molecule has 1 atom stereocenters. The van der Waals surface area contributed by atoms with Crippen LogP contribution < -0.4 is 15.4 Å². The predicted octanol–water partition coefficient (Wildman–Crippen LogP) is 5.84. The molecule has 8 nitrogen and oxygen atoms in total. The third-order valence-corrected chi connectivity index (χ3v) is 6.33. The Hall–Kier alpha value is -4.19.